The van der Waals surface area contributed by atoms with Crippen LogP contribution < -0.4 is 10.1 Å². The van der Waals surface area contributed by atoms with Crippen molar-refractivity contribution in [2.75, 3.05) is 31.3 Å². The van der Waals surface area contributed by atoms with Crippen LogP contribution in [0.15, 0.2) is 54.6 Å². The Morgan fingerprint density at radius 1 is 1.14 bits per heavy atom. The highest BCUT2D eigenvalue weighted by molar-refractivity contribution is 7.88. The number of rotatable bonds is 7. The highest BCUT2D eigenvalue weighted by Gasteiger charge is 2.30. The second-order valence-corrected chi connectivity index (χ2v) is 9.01. The van der Waals surface area contributed by atoms with Crippen LogP contribution in [-0.2, 0) is 21.2 Å². The molecule has 1 fully saturated rings. The summed E-state index contributed by atoms with van der Waals surface area (Å²) in [6, 6.07) is 17.4. The van der Waals surface area contributed by atoms with Crippen molar-refractivity contribution >= 4 is 21.6 Å². The molecule has 7 heteroatoms. The number of nitrogens with zero attached hydrogens (tertiary/aromatic N) is 1. The molecule has 1 heterocycles. The Morgan fingerprint density at radius 3 is 2.61 bits per heavy atom. The van der Waals surface area contributed by atoms with Crippen LogP contribution in [0.2, 0.25) is 0 Å². The van der Waals surface area contributed by atoms with Crippen LogP contribution in [0.1, 0.15) is 18.4 Å². The van der Waals surface area contributed by atoms with E-state index in [-0.39, 0.29) is 18.4 Å². The first-order valence-corrected chi connectivity index (χ1v) is 11.3. The summed E-state index contributed by atoms with van der Waals surface area (Å²) in [6.07, 6.45) is 3.31. The van der Waals surface area contributed by atoms with Gasteiger partial charge in [0.2, 0.25) is 15.9 Å². The maximum absolute atomic E-state index is 12.7. The lowest BCUT2D eigenvalue weighted by Gasteiger charge is -2.30. The summed E-state index contributed by atoms with van der Waals surface area (Å²) in [5, 5.41) is 2.92. The largest absolute Gasteiger partial charge is 0.491 e. The maximum Gasteiger partial charge on any atom is 0.228 e. The molecule has 1 saturated heterocycles. The summed E-state index contributed by atoms with van der Waals surface area (Å²) in [6.45, 7) is 1.20. The molecule has 3 rings (SSSR count). The van der Waals surface area contributed by atoms with Gasteiger partial charge in [-0.2, -0.15) is 0 Å². The van der Waals surface area contributed by atoms with Gasteiger partial charge in [-0.05, 0) is 30.5 Å². The van der Waals surface area contributed by atoms with Gasteiger partial charge in [0, 0.05) is 19.5 Å². The molecule has 6 nitrogen and oxygen atoms in total. The van der Waals surface area contributed by atoms with Crippen molar-refractivity contribution in [3.8, 4) is 5.75 Å². The Balaban J connectivity index is 1.60. The van der Waals surface area contributed by atoms with Gasteiger partial charge in [0.15, 0.2) is 0 Å². The lowest BCUT2D eigenvalue weighted by atomic mass is 9.98. The van der Waals surface area contributed by atoms with Gasteiger partial charge in [-0.25, -0.2) is 12.7 Å². The zero-order valence-corrected chi connectivity index (χ0v) is 16.8. The van der Waals surface area contributed by atoms with E-state index in [0.717, 1.165) is 6.42 Å². The molecule has 2 aromatic rings. The number of carbonyl (C=O) groups is 1. The molecule has 0 saturated carbocycles. The minimum atomic E-state index is -3.28. The molecule has 0 bridgehead atoms. The van der Waals surface area contributed by atoms with E-state index in [2.05, 4.69) is 5.32 Å². The van der Waals surface area contributed by atoms with Crippen molar-refractivity contribution in [2.24, 2.45) is 5.92 Å². The minimum absolute atomic E-state index is 0.174. The molecule has 1 amide bonds. The average molecular weight is 403 g/mol. The molecule has 1 aliphatic rings. The number of sulfonamides is 1. The molecule has 150 valence electrons. The molecule has 2 aromatic carbocycles. The van der Waals surface area contributed by atoms with E-state index in [1.165, 1.54) is 16.1 Å². The number of ether oxygens (including phenoxy) is 1. The highest BCUT2D eigenvalue weighted by atomic mass is 32.2. The molecule has 0 radical (unpaired) electrons. The van der Waals surface area contributed by atoms with E-state index in [9.17, 15) is 13.2 Å². The van der Waals surface area contributed by atoms with Gasteiger partial charge in [-0.1, -0.05) is 42.5 Å². The number of hydrogen-bond acceptors (Lipinski definition) is 4. The van der Waals surface area contributed by atoms with Crippen LogP contribution in [0.5, 0.6) is 5.75 Å². The summed E-state index contributed by atoms with van der Waals surface area (Å²) in [5.74, 6) is 0.0795. The van der Waals surface area contributed by atoms with Crippen LogP contribution in [0.3, 0.4) is 0 Å². The standard InChI is InChI=1S/C21H26N2O4S/c1-28(25,26)23-14-7-10-18(16-23)21(24)22-19-11-5-6-12-20(19)27-15-13-17-8-3-2-4-9-17/h2-6,8-9,11-12,18H,7,10,13-16H2,1H3,(H,22,24). The first-order valence-electron chi connectivity index (χ1n) is 9.45. The van der Waals surface area contributed by atoms with Crippen LogP contribution in [0, 0.1) is 5.92 Å². The minimum Gasteiger partial charge on any atom is -0.491 e. The highest BCUT2D eigenvalue weighted by Crippen LogP contribution is 2.26. The smallest absolute Gasteiger partial charge is 0.228 e. The number of hydrogen-bond donors (Lipinski definition) is 1. The van der Waals surface area contributed by atoms with Crippen LogP contribution >= 0.6 is 0 Å². The predicted molar refractivity (Wildman–Crippen MR) is 110 cm³/mol. The summed E-state index contributed by atoms with van der Waals surface area (Å²) < 4.78 is 30.8. The van der Waals surface area contributed by atoms with Crippen molar-refractivity contribution in [3.63, 3.8) is 0 Å². The van der Waals surface area contributed by atoms with Crippen molar-refractivity contribution in [2.45, 2.75) is 19.3 Å². The Labute approximate surface area is 166 Å². The zero-order chi connectivity index (χ0) is 20.0. The van der Waals surface area contributed by atoms with Gasteiger partial charge >= 0.3 is 0 Å². The van der Waals surface area contributed by atoms with E-state index in [1.807, 2.05) is 48.5 Å². The number of benzene rings is 2. The normalized spacial score (nSPS) is 17.8. The second kappa shape index (κ2) is 9.21. The number of nitrogens with one attached hydrogen (secondary N) is 1. The Hall–Kier alpha value is -2.38. The molecule has 1 atom stereocenters. The average Bonchev–Trinajstić information content (AvgIpc) is 2.69. The van der Waals surface area contributed by atoms with E-state index >= 15 is 0 Å². The van der Waals surface area contributed by atoms with Crippen molar-refractivity contribution < 1.29 is 17.9 Å². The molecule has 1 N–H and O–H groups in total. The number of anilines is 1. The first kappa shape index (κ1) is 20.4. The first-order chi connectivity index (χ1) is 13.4. The summed E-state index contributed by atoms with van der Waals surface area (Å²) in [5.41, 5.74) is 1.80. The fraction of sp³-hybridized carbons (Fsp3) is 0.381. The SMILES string of the molecule is CS(=O)(=O)N1CCCC(C(=O)Nc2ccccc2OCCc2ccccc2)C1. The molecule has 1 aliphatic heterocycles. The monoisotopic (exact) mass is 402 g/mol. The van der Waals surface area contributed by atoms with Crippen LogP contribution in [-0.4, -0.2) is 44.6 Å². The van der Waals surface area contributed by atoms with Crippen molar-refractivity contribution in [3.05, 3.63) is 60.2 Å². The number of para-hydroxylation sites is 2. The molecule has 1 unspecified atom stereocenters. The molecular weight excluding hydrogens is 376 g/mol. The number of carbonyl (C=O) groups excluding carboxylic acids is 1. The summed E-state index contributed by atoms with van der Waals surface area (Å²) in [7, 11) is -3.28. The summed E-state index contributed by atoms with van der Waals surface area (Å²) in [4.78, 5) is 12.7. The Bertz CT molecular complexity index is 900. The van der Waals surface area contributed by atoms with E-state index < -0.39 is 10.0 Å². The van der Waals surface area contributed by atoms with Gasteiger partial charge < -0.3 is 10.1 Å². The van der Waals surface area contributed by atoms with E-state index in [4.69, 9.17) is 4.74 Å². The van der Waals surface area contributed by atoms with E-state index in [0.29, 0.717) is 37.4 Å². The molecule has 0 aliphatic carbocycles. The zero-order valence-electron chi connectivity index (χ0n) is 16.0. The van der Waals surface area contributed by atoms with Gasteiger partial charge in [0.05, 0.1) is 24.5 Å². The molecule has 28 heavy (non-hydrogen) atoms. The third kappa shape index (κ3) is 5.56. The lowest BCUT2D eigenvalue weighted by molar-refractivity contribution is -0.120. The third-order valence-corrected chi connectivity index (χ3v) is 6.13. The number of amides is 1. The van der Waals surface area contributed by atoms with Gasteiger partial charge in [-0.3, -0.25) is 4.79 Å². The molecule has 0 spiro atoms. The quantitative estimate of drug-likeness (QED) is 0.773. The Morgan fingerprint density at radius 2 is 1.86 bits per heavy atom. The van der Waals surface area contributed by atoms with Gasteiger partial charge in [0.25, 0.3) is 0 Å². The lowest BCUT2D eigenvalue weighted by Crippen LogP contribution is -2.43. The number of piperidine rings is 1. The van der Waals surface area contributed by atoms with Crippen molar-refractivity contribution in [1.82, 2.24) is 4.31 Å². The topological polar surface area (TPSA) is 75.7 Å². The Kier molecular flexibility index (Phi) is 6.70. The van der Waals surface area contributed by atoms with Crippen LogP contribution in [0.25, 0.3) is 0 Å². The third-order valence-electron chi connectivity index (χ3n) is 4.86. The van der Waals surface area contributed by atoms with Crippen LogP contribution in [0.4, 0.5) is 5.69 Å². The van der Waals surface area contributed by atoms with E-state index in [1.54, 1.807) is 6.07 Å². The van der Waals surface area contributed by atoms with Crippen molar-refractivity contribution in [1.29, 1.82) is 0 Å². The van der Waals surface area contributed by atoms with Gasteiger partial charge in [0.1, 0.15) is 5.75 Å². The predicted octanol–water partition coefficient (Wildman–Crippen LogP) is 2.92. The second-order valence-electron chi connectivity index (χ2n) is 7.03. The molecular formula is C21H26N2O4S. The van der Waals surface area contributed by atoms with Gasteiger partial charge in [-0.15, -0.1) is 0 Å². The maximum atomic E-state index is 12.7. The molecule has 0 aromatic heterocycles. The fourth-order valence-corrected chi connectivity index (χ4v) is 4.22. The fourth-order valence-electron chi connectivity index (χ4n) is 3.31. The summed E-state index contributed by atoms with van der Waals surface area (Å²) >= 11 is 0.